The van der Waals surface area contributed by atoms with Gasteiger partial charge in [0, 0.05) is 0 Å². The number of aliphatic hydroxyl groups is 1. The van der Waals surface area contributed by atoms with E-state index in [1.54, 1.807) is 0 Å². The van der Waals surface area contributed by atoms with Gasteiger partial charge >= 0.3 is 29.6 Å². The van der Waals surface area contributed by atoms with Crippen molar-refractivity contribution in [2.24, 2.45) is 46.3 Å². The summed E-state index contributed by atoms with van der Waals surface area (Å²) in [5.74, 6) is 3.57. The fraction of sp³-hybridized carbons (Fsp3) is 0.926. The van der Waals surface area contributed by atoms with Crippen LogP contribution in [-0.4, -0.2) is 30.3 Å². The van der Waals surface area contributed by atoms with E-state index in [1.165, 1.54) is 31.3 Å². The third-order valence-electron chi connectivity index (χ3n) is 10.7. The number of hydrogen-bond donors (Lipinski definition) is 1. The maximum atomic E-state index is 11.1. The van der Waals surface area contributed by atoms with Gasteiger partial charge in [0.2, 0.25) is 10.4 Å². The second-order valence-corrected chi connectivity index (χ2v) is 13.8. The maximum absolute atomic E-state index is 11.1. The molecule has 0 unspecified atom stereocenters. The summed E-state index contributed by atoms with van der Waals surface area (Å²) in [5, 5.41) is 11.0. The predicted molar refractivity (Wildman–Crippen MR) is 129 cm³/mol. The molecule has 0 aromatic carbocycles. The van der Waals surface area contributed by atoms with Crippen LogP contribution in [0.5, 0.6) is 0 Å². The van der Waals surface area contributed by atoms with Crippen LogP contribution in [0.15, 0.2) is 11.6 Å². The van der Waals surface area contributed by atoms with Crippen LogP contribution >= 0.6 is 0 Å². The summed E-state index contributed by atoms with van der Waals surface area (Å²) in [6.45, 7) is 11.7. The quantitative estimate of drug-likeness (QED) is 0.249. The first kappa shape index (κ1) is 29.1. The molecule has 0 saturated heterocycles. The molecule has 1 N–H and O–H groups in total. The Labute approximate surface area is 230 Å². The Morgan fingerprint density at radius 2 is 1.79 bits per heavy atom. The zero-order valence-corrected chi connectivity index (χ0v) is 25.1. The largest absolute Gasteiger partial charge is 1.00 e. The average Bonchev–Trinajstić information content (AvgIpc) is 3.07. The fourth-order valence-corrected chi connectivity index (χ4v) is 9.31. The standard InChI is InChI=1S/C27H46O5S.Na/c1-17(2)6-11-25(28)18(3)22-9-10-23-21-8-7-19-16-20(32-33(29,30)31)12-14-26(19,4)24(21)13-15-27(22,23)5;/h7,17-18,20-25,28H,6,8-16H2,1-5H3,(H,29,30,31);/q;+1/p-1/t18-,20-,21-,22+,23-,24-,25-,26-,27+;/m0./s1. The molecule has 0 aromatic rings. The first-order valence-corrected chi connectivity index (χ1v) is 14.7. The monoisotopic (exact) mass is 504 g/mol. The van der Waals surface area contributed by atoms with Gasteiger partial charge in [0.05, 0.1) is 12.2 Å². The Kier molecular flexibility index (Phi) is 9.21. The average molecular weight is 505 g/mol. The first-order valence-electron chi connectivity index (χ1n) is 13.4. The molecule has 4 aliphatic carbocycles. The zero-order valence-electron chi connectivity index (χ0n) is 22.3. The van der Waals surface area contributed by atoms with Crippen LogP contribution in [0.2, 0.25) is 0 Å². The molecule has 0 aliphatic heterocycles. The van der Waals surface area contributed by atoms with Crippen LogP contribution in [0.3, 0.4) is 0 Å². The second-order valence-electron chi connectivity index (χ2n) is 12.8. The summed E-state index contributed by atoms with van der Waals surface area (Å²) in [5.41, 5.74) is 1.72. The molecule has 3 saturated carbocycles. The first-order chi connectivity index (χ1) is 15.3. The molecule has 5 nitrogen and oxygen atoms in total. The van der Waals surface area contributed by atoms with E-state index in [9.17, 15) is 18.1 Å². The van der Waals surface area contributed by atoms with Gasteiger partial charge in [0.15, 0.2) is 0 Å². The van der Waals surface area contributed by atoms with Crippen LogP contribution < -0.4 is 29.6 Å². The van der Waals surface area contributed by atoms with Crippen molar-refractivity contribution in [3.05, 3.63) is 11.6 Å². The van der Waals surface area contributed by atoms with Gasteiger partial charge in [-0.05, 0) is 111 Å². The van der Waals surface area contributed by atoms with Gasteiger partial charge in [-0.25, -0.2) is 8.42 Å². The van der Waals surface area contributed by atoms with Gasteiger partial charge in [-0.3, -0.25) is 4.18 Å². The zero-order chi connectivity index (χ0) is 24.2. The van der Waals surface area contributed by atoms with E-state index in [2.05, 4.69) is 40.7 Å². The molecule has 9 atom stereocenters. The van der Waals surface area contributed by atoms with E-state index in [4.69, 9.17) is 4.18 Å². The molecule has 0 bridgehead atoms. The fourth-order valence-electron chi connectivity index (χ4n) is 8.82. The van der Waals surface area contributed by atoms with Crippen LogP contribution in [-0.2, 0) is 14.6 Å². The molecule has 3 fully saturated rings. The van der Waals surface area contributed by atoms with E-state index >= 15 is 0 Å². The van der Waals surface area contributed by atoms with Crippen molar-refractivity contribution in [1.29, 1.82) is 0 Å². The molecule has 0 aromatic heterocycles. The van der Waals surface area contributed by atoms with E-state index in [0.717, 1.165) is 25.7 Å². The summed E-state index contributed by atoms with van der Waals surface area (Å²) in [6, 6.07) is 0. The molecule has 0 spiro atoms. The Morgan fingerprint density at radius 3 is 2.44 bits per heavy atom. The number of fused-ring (bicyclic) bond motifs is 5. The SMILES string of the molecule is CC(C)CC[C@H](O)[C@@H](C)[C@H]1CC[C@H]2[C@@H]3CC=C4C[C@@H](OS(=O)(=O)[O-])CC[C@]4(C)[C@H]3CC[C@]12C.[Na+]. The summed E-state index contributed by atoms with van der Waals surface area (Å²) < 4.78 is 38.2. The van der Waals surface area contributed by atoms with Crippen molar-refractivity contribution in [2.45, 2.75) is 111 Å². The molecule has 0 heterocycles. The summed E-state index contributed by atoms with van der Waals surface area (Å²) >= 11 is 0. The number of rotatable bonds is 7. The Hall–Kier alpha value is 0.570. The van der Waals surface area contributed by atoms with Crippen LogP contribution in [0.4, 0.5) is 0 Å². The van der Waals surface area contributed by atoms with Crippen molar-refractivity contribution in [1.82, 2.24) is 0 Å². The molecule has 4 rings (SSSR count). The molecule has 0 amide bonds. The molecular weight excluding hydrogens is 459 g/mol. The van der Waals surface area contributed by atoms with Gasteiger partial charge in [0.1, 0.15) is 0 Å². The number of aliphatic hydroxyl groups excluding tert-OH is 1. The van der Waals surface area contributed by atoms with Crippen molar-refractivity contribution < 1.29 is 51.8 Å². The predicted octanol–water partition coefficient (Wildman–Crippen LogP) is 2.85. The van der Waals surface area contributed by atoms with Crippen molar-refractivity contribution in [2.75, 3.05) is 0 Å². The molecular formula is C27H45NaO5S. The molecule has 7 heteroatoms. The number of allylic oxidation sites excluding steroid dienone is 1. The Bertz CT molecular complexity index is 857. The van der Waals surface area contributed by atoms with Crippen LogP contribution in [0.25, 0.3) is 0 Å². The maximum Gasteiger partial charge on any atom is 1.00 e. The molecule has 190 valence electrons. The molecule has 34 heavy (non-hydrogen) atoms. The summed E-state index contributed by atoms with van der Waals surface area (Å²) in [6.07, 6.45) is 11.8. The normalized spacial score (nSPS) is 41.5. The van der Waals surface area contributed by atoms with Crippen molar-refractivity contribution in [3.63, 3.8) is 0 Å². The minimum atomic E-state index is -4.65. The van der Waals surface area contributed by atoms with Crippen LogP contribution in [0.1, 0.15) is 98.8 Å². The van der Waals surface area contributed by atoms with E-state index in [1.807, 2.05) is 0 Å². The third kappa shape index (κ3) is 5.54. The van der Waals surface area contributed by atoms with Gasteiger partial charge in [-0.15, -0.1) is 0 Å². The number of hydrogen-bond acceptors (Lipinski definition) is 5. The topological polar surface area (TPSA) is 86.7 Å². The van der Waals surface area contributed by atoms with Gasteiger partial charge < -0.3 is 9.66 Å². The smallest absolute Gasteiger partial charge is 0.726 e. The van der Waals surface area contributed by atoms with E-state index in [-0.39, 0.29) is 41.1 Å². The van der Waals surface area contributed by atoms with E-state index < -0.39 is 16.5 Å². The van der Waals surface area contributed by atoms with Gasteiger partial charge in [0.25, 0.3) is 0 Å². The minimum Gasteiger partial charge on any atom is -0.726 e. The van der Waals surface area contributed by atoms with Crippen molar-refractivity contribution >= 4 is 10.4 Å². The van der Waals surface area contributed by atoms with Gasteiger partial charge in [-0.1, -0.05) is 46.3 Å². The second kappa shape index (κ2) is 10.7. The Balaban J connectivity index is 0.00000324. The van der Waals surface area contributed by atoms with Crippen molar-refractivity contribution in [3.8, 4) is 0 Å². The molecule has 4 aliphatic rings. The van der Waals surface area contributed by atoms with Gasteiger partial charge in [-0.2, -0.15) is 0 Å². The third-order valence-corrected chi connectivity index (χ3v) is 11.2. The van der Waals surface area contributed by atoms with E-state index in [0.29, 0.717) is 53.8 Å². The Morgan fingerprint density at radius 1 is 1.09 bits per heavy atom. The summed E-state index contributed by atoms with van der Waals surface area (Å²) in [4.78, 5) is 0. The molecule has 0 radical (unpaired) electrons. The van der Waals surface area contributed by atoms with Crippen LogP contribution in [0, 0.1) is 46.3 Å². The minimum absolute atomic E-state index is 0. The summed E-state index contributed by atoms with van der Waals surface area (Å²) in [7, 11) is -4.65.